The fourth-order valence-electron chi connectivity index (χ4n) is 3.60. The Morgan fingerprint density at radius 3 is 2.31 bits per heavy atom. The number of carbonyl (C=O) groups is 1. The number of thioether (sulfide) groups is 1. The van der Waals surface area contributed by atoms with Crippen LogP contribution < -0.4 is 14.4 Å². The van der Waals surface area contributed by atoms with E-state index in [1.165, 1.54) is 22.2 Å². The van der Waals surface area contributed by atoms with Gasteiger partial charge in [-0.1, -0.05) is 98.3 Å². The Morgan fingerprint density at radius 2 is 1.64 bits per heavy atom. The van der Waals surface area contributed by atoms with Gasteiger partial charge in [0.2, 0.25) is 0 Å². The van der Waals surface area contributed by atoms with E-state index in [2.05, 4.69) is 32.9 Å². The number of ether oxygens (including phenoxy) is 2. The standard InChI is InChI=1S/C28H25Cl2NO3S2/c1-28(2,3)19-9-11-22(12-10-19)33-13-14-34-25-18(15-20(29)17-23(25)30)16-24-26(32)31(27(35)36-24)21-7-5-4-6-8-21/h4-12,15-17H,13-14H2,1-3H3. The number of amides is 1. The highest BCUT2D eigenvalue weighted by atomic mass is 35.5. The van der Waals surface area contributed by atoms with Crippen LogP contribution in [0.2, 0.25) is 10.0 Å². The van der Waals surface area contributed by atoms with Crippen LogP contribution in [0.4, 0.5) is 5.69 Å². The normalized spacial score (nSPS) is 15.0. The Kier molecular flexibility index (Phi) is 8.30. The van der Waals surface area contributed by atoms with Crippen molar-refractivity contribution < 1.29 is 14.3 Å². The van der Waals surface area contributed by atoms with Crippen LogP contribution in [0.1, 0.15) is 31.9 Å². The lowest BCUT2D eigenvalue weighted by Gasteiger charge is -2.19. The molecule has 0 aromatic heterocycles. The molecule has 1 saturated heterocycles. The first-order chi connectivity index (χ1) is 17.1. The van der Waals surface area contributed by atoms with E-state index in [0.717, 1.165) is 11.4 Å². The van der Waals surface area contributed by atoms with Crippen LogP contribution in [0.15, 0.2) is 71.6 Å². The summed E-state index contributed by atoms with van der Waals surface area (Å²) in [4.78, 5) is 15.1. The van der Waals surface area contributed by atoms with Crippen LogP contribution >= 0.6 is 47.2 Å². The summed E-state index contributed by atoms with van der Waals surface area (Å²) in [6.07, 6.45) is 1.71. The third-order valence-electron chi connectivity index (χ3n) is 5.45. The fourth-order valence-corrected chi connectivity index (χ4v) is 5.46. The third kappa shape index (κ3) is 6.24. The van der Waals surface area contributed by atoms with Gasteiger partial charge in [-0.2, -0.15) is 0 Å². The molecular formula is C28H25Cl2NO3S2. The number of benzene rings is 3. The van der Waals surface area contributed by atoms with Crippen molar-refractivity contribution in [1.29, 1.82) is 0 Å². The second-order valence-corrected chi connectivity index (χ2v) is 11.6. The predicted octanol–water partition coefficient (Wildman–Crippen LogP) is 8.15. The molecule has 0 spiro atoms. The number of hydrogen-bond acceptors (Lipinski definition) is 5. The summed E-state index contributed by atoms with van der Waals surface area (Å²) < 4.78 is 12.3. The molecule has 1 amide bonds. The number of nitrogens with zero attached hydrogens (tertiary/aromatic N) is 1. The quantitative estimate of drug-likeness (QED) is 0.166. The fraction of sp³-hybridized carbons (Fsp3) is 0.214. The van der Waals surface area contributed by atoms with Crippen molar-refractivity contribution in [2.24, 2.45) is 0 Å². The largest absolute Gasteiger partial charge is 0.490 e. The summed E-state index contributed by atoms with van der Waals surface area (Å²) in [5, 5.41) is 0.786. The lowest BCUT2D eigenvalue weighted by atomic mass is 9.87. The van der Waals surface area contributed by atoms with Crippen LogP contribution in [0, 0.1) is 0 Å². The molecular weight excluding hydrogens is 533 g/mol. The molecule has 0 N–H and O–H groups in total. The molecule has 1 fully saturated rings. The molecule has 0 bridgehead atoms. The minimum Gasteiger partial charge on any atom is -0.490 e. The van der Waals surface area contributed by atoms with Gasteiger partial charge in [0.25, 0.3) is 5.91 Å². The Balaban J connectivity index is 1.47. The minimum absolute atomic E-state index is 0.0821. The topological polar surface area (TPSA) is 38.8 Å². The number of carbonyl (C=O) groups excluding carboxylic acids is 1. The molecule has 4 rings (SSSR count). The molecule has 1 aliphatic rings. The molecule has 1 aliphatic heterocycles. The first-order valence-electron chi connectivity index (χ1n) is 11.3. The zero-order chi connectivity index (χ0) is 25.9. The Hall–Kier alpha value is -2.51. The second-order valence-electron chi connectivity index (χ2n) is 9.13. The highest BCUT2D eigenvalue weighted by molar-refractivity contribution is 8.27. The van der Waals surface area contributed by atoms with Gasteiger partial charge >= 0.3 is 0 Å². The van der Waals surface area contributed by atoms with Crippen molar-refractivity contribution in [2.75, 3.05) is 18.1 Å². The highest BCUT2D eigenvalue weighted by Gasteiger charge is 2.33. The molecule has 36 heavy (non-hydrogen) atoms. The molecule has 4 nitrogen and oxygen atoms in total. The van der Waals surface area contributed by atoms with Gasteiger partial charge in [-0.15, -0.1) is 0 Å². The number of rotatable bonds is 7. The second kappa shape index (κ2) is 11.3. The van der Waals surface area contributed by atoms with Gasteiger partial charge in [0.15, 0.2) is 4.32 Å². The van der Waals surface area contributed by atoms with Gasteiger partial charge in [0.05, 0.1) is 15.6 Å². The summed E-state index contributed by atoms with van der Waals surface area (Å²) in [6, 6.07) is 20.7. The minimum atomic E-state index is -0.208. The summed E-state index contributed by atoms with van der Waals surface area (Å²) >= 11 is 19.4. The van der Waals surface area contributed by atoms with E-state index in [-0.39, 0.29) is 17.9 Å². The zero-order valence-corrected chi connectivity index (χ0v) is 23.2. The number of anilines is 1. The number of para-hydroxylation sites is 1. The molecule has 3 aromatic carbocycles. The van der Waals surface area contributed by atoms with Gasteiger partial charge in [-0.05, 0) is 53.5 Å². The maximum absolute atomic E-state index is 13.1. The predicted molar refractivity (Wildman–Crippen MR) is 155 cm³/mol. The average Bonchev–Trinajstić information content (AvgIpc) is 3.10. The van der Waals surface area contributed by atoms with Gasteiger partial charge in [-0.25, -0.2) is 0 Å². The van der Waals surface area contributed by atoms with Crippen LogP contribution in [-0.2, 0) is 10.2 Å². The van der Waals surface area contributed by atoms with E-state index >= 15 is 0 Å². The van der Waals surface area contributed by atoms with E-state index in [4.69, 9.17) is 44.9 Å². The van der Waals surface area contributed by atoms with Crippen molar-refractivity contribution in [3.8, 4) is 11.5 Å². The molecule has 3 aromatic rings. The van der Waals surface area contributed by atoms with Gasteiger partial charge in [0.1, 0.15) is 24.7 Å². The van der Waals surface area contributed by atoms with E-state index in [1.54, 1.807) is 18.2 Å². The number of hydrogen-bond donors (Lipinski definition) is 0. The Labute approximate surface area is 231 Å². The maximum atomic E-state index is 13.1. The molecule has 0 aliphatic carbocycles. The van der Waals surface area contributed by atoms with E-state index in [9.17, 15) is 4.79 Å². The molecule has 0 unspecified atom stereocenters. The summed E-state index contributed by atoms with van der Waals surface area (Å²) in [6.45, 7) is 7.09. The van der Waals surface area contributed by atoms with Crippen molar-refractivity contribution in [3.63, 3.8) is 0 Å². The van der Waals surface area contributed by atoms with Crippen molar-refractivity contribution in [3.05, 3.63) is 92.8 Å². The molecule has 0 atom stereocenters. The van der Waals surface area contributed by atoms with Crippen molar-refractivity contribution >= 4 is 69.2 Å². The molecule has 8 heteroatoms. The summed E-state index contributed by atoms with van der Waals surface area (Å²) in [5.74, 6) is 0.983. The SMILES string of the molecule is CC(C)(C)c1ccc(OCCOc2c(Cl)cc(Cl)cc2C=C2SC(=S)N(c3ccccc3)C2=O)cc1. The van der Waals surface area contributed by atoms with Gasteiger partial charge in [-0.3, -0.25) is 9.69 Å². The lowest BCUT2D eigenvalue weighted by molar-refractivity contribution is -0.113. The van der Waals surface area contributed by atoms with Gasteiger partial charge < -0.3 is 9.47 Å². The van der Waals surface area contributed by atoms with Crippen LogP contribution in [0.25, 0.3) is 6.08 Å². The maximum Gasteiger partial charge on any atom is 0.270 e. The van der Waals surface area contributed by atoms with Gasteiger partial charge in [0, 0.05) is 10.6 Å². The Bertz CT molecular complexity index is 1300. The number of thiocarbonyl (C=S) groups is 1. The Morgan fingerprint density at radius 1 is 0.972 bits per heavy atom. The molecule has 186 valence electrons. The van der Waals surface area contributed by atoms with Crippen molar-refractivity contribution in [2.45, 2.75) is 26.2 Å². The smallest absolute Gasteiger partial charge is 0.270 e. The first kappa shape index (κ1) is 26.6. The first-order valence-corrected chi connectivity index (χ1v) is 13.3. The zero-order valence-electron chi connectivity index (χ0n) is 20.1. The number of halogens is 2. The monoisotopic (exact) mass is 557 g/mol. The lowest BCUT2D eigenvalue weighted by Crippen LogP contribution is -2.27. The van der Waals surface area contributed by atoms with Crippen LogP contribution in [0.3, 0.4) is 0 Å². The third-order valence-corrected chi connectivity index (χ3v) is 7.25. The van der Waals surface area contributed by atoms with Crippen LogP contribution in [0.5, 0.6) is 11.5 Å². The van der Waals surface area contributed by atoms with Crippen LogP contribution in [-0.4, -0.2) is 23.4 Å². The highest BCUT2D eigenvalue weighted by Crippen LogP contribution is 2.39. The summed E-state index contributed by atoms with van der Waals surface area (Å²) in [5.41, 5.74) is 2.63. The van der Waals surface area contributed by atoms with Crippen molar-refractivity contribution in [1.82, 2.24) is 0 Å². The van der Waals surface area contributed by atoms with E-state index < -0.39 is 0 Å². The molecule has 0 radical (unpaired) electrons. The van der Waals surface area contributed by atoms with E-state index in [0.29, 0.717) is 37.2 Å². The molecule has 1 heterocycles. The average molecular weight is 559 g/mol. The van der Waals surface area contributed by atoms with E-state index in [1.807, 2.05) is 42.5 Å². The molecule has 0 saturated carbocycles. The summed E-state index contributed by atoms with van der Waals surface area (Å²) in [7, 11) is 0.